The van der Waals surface area contributed by atoms with Gasteiger partial charge in [-0.25, -0.2) is 8.78 Å². The Morgan fingerprint density at radius 3 is 2.82 bits per heavy atom. The minimum absolute atomic E-state index is 0.126. The quantitative estimate of drug-likeness (QED) is 0.790. The summed E-state index contributed by atoms with van der Waals surface area (Å²) in [5.74, 6) is -0.824. The summed E-state index contributed by atoms with van der Waals surface area (Å²) in [6, 6.07) is 3.75. The molecule has 0 amide bonds. The number of nitrogens with zero attached hydrogens (tertiary/aromatic N) is 1. The molecule has 0 radical (unpaired) electrons. The van der Waals surface area contributed by atoms with Gasteiger partial charge in [-0.2, -0.15) is 0 Å². The van der Waals surface area contributed by atoms with Crippen molar-refractivity contribution in [2.24, 2.45) is 0 Å². The first-order valence-corrected chi connectivity index (χ1v) is 5.76. The molecule has 0 bridgehead atoms. The predicted molar refractivity (Wildman–Crippen MR) is 60.5 cm³/mol. The third kappa shape index (κ3) is 2.88. The van der Waals surface area contributed by atoms with Gasteiger partial charge in [-0.15, -0.1) is 0 Å². The molecule has 1 aromatic carbocycles. The molecular formula is C13H15F2NO. The van der Waals surface area contributed by atoms with Crippen LogP contribution in [0.1, 0.15) is 25.3 Å². The van der Waals surface area contributed by atoms with E-state index in [2.05, 4.69) is 4.90 Å². The van der Waals surface area contributed by atoms with Crippen LogP contribution in [0.2, 0.25) is 0 Å². The van der Waals surface area contributed by atoms with E-state index in [4.69, 9.17) is 0 Å². The van der Waals surface area contributed by atoms with Crippen molar-refractivity contribution in [3.8, 4) is 0 Å². The molecular weight excluding hydrogens is 224 g/mol. The number of carbonyl (C=O) groups is 1. The van der Waals surface area contributed by atoms with Crippen molar-refractivity contribution in [2.45, 2.75) is 32.4 Å². The summed E-state index contributed by atoms with van der Waals surface area (Å²) in [5, 5.41) is 0. The van der Waals surface area contributed by atoms with Gasteiger partial charge in [0.1, 0.15) is 17.4 Å². The Labute approximate surface area is 99.2 Å². The van der Waals surface area contributed by atoms with E-state index in [1.807, 2.05) is 6.92 Å². The number of halogens is 2. The van der Waals surface area contributed by atoms with E-state index in [0.717, 1.165) is 6.07 Å². The normalized spacial score (nSPS) is 21.8. The maximum Gasteiger partial charge on any atom is 0.135 e. The molecule has 1 aliphatic rings. The first kappa shape index (κ1) is 12.2. The van der Waals surface area contributed by atoms with Crippen LogP contribution < -0.4 is 0 Å². The lowest BCUT2D eigenvalue weighted by Crippen LogP contribution is -2.40. The number of rotatable bonds is 2. The summed E-state index contributed by atoms with van der Waals surface area (Å²) in [4.78, 5) is 13.3. The minimum Gasteiger partial charge on any atom is -0.300 e. The summed E-state index contributed by atoms with van der Waals surface area (Å²) in [6.45, 7) is 3.04. The number of likely N-dealkylation sites (tertiary alicyclic amines) is 1. The Morgan fingerprint density at radius 2 is 2.18 bits per heavy atom. The molecule has 1 aromatic rings. The van der Waals surface area contributed by atoms with Gasteiger partial charge >= 0.3 is 0 Å². The fourth-order valence-electron chi connectivity index (χ4n) is 2.15. The van der Waals surface area contributed by atoms with E-state index in [-0.39, 0.29) is 11.8 Å². The number of Topliss-reactive ketones (excluding diaryl/α,β-unsaturated/α-hetero) is 1. The fraction of sp³-hybridized carbons (Fsp3) is 0.462. The Morgan fingerprint density at radius 1 is 1.41 bits per heavy atom. The van der Waals surface area contributed by atoms with Gasteiger partial charge in [0, 0.05) is 43.6 Å². The smallest absolute Gasteiger partial charge is 0.135 e. The summed E-state index contributed by atoms with van der Waals surface area (Å²) in [5.41, 5.74) is 0.479. The van der Waals surface area contributed by atoms with Crippen molar-refractivity contribution in [1.29, 1.82) is 0 Å². The third-order valence-electron chi connectivity index (χ3n) is 3.21. The Hall–Kier alpha value is -1.29. The molecule has 2 nitrogen and oxygen atoms in total. The highest BCUT2D eigenvalue weighted by Gasteiger charge is 2.24. The van der Waals surface area contributed by atoms with E-state index in [9.17, 15) is 13.6 Å². The molecule has 0 N–H and O–H groups in total. The monoisotopic (exact) mass is 239 g/mol. The van der Waals surface area contributed by atoms with E-state index in [1.54, 1.807) is 0 Å². The first-order valence-electron chi connectivity index (χ1n) is 5.76. The van der Waals surface area contributed by atoms with Gasteiger partial charge in [0.2, 0.25) is 0 Å². The Bertz CT molecular complexity index is 433. The van der Waals surface area contributed by atoms with Gasteiger partial charge < -0.3 is 0 Å². The average molecular weight is 239 g/mol. The SMILES string of the molecule is CC1CC(=O)CCN1Cc1ccc(F)cc1F. The van der Waals surface area contributed by atoms with Crippen LogP contribution in [-0.4, -0.2) is 23.3 Å². The van der Waals surface area contributed by atoms with Crippen LogP contribution >= 0.6 is 0 Å². The molecule has 1 saturated heterocycles. The second-order valence-electron chi connectivity index (χ2n) is 4.55. The highest BCUT2D eigenvalue weighted by atomic mass is 19.1. The zero-order valence-corrected chi connectivity index (χ0v) is 9.75. The van der Waals surface area contributed by atoms with Gasteiger partial charge in [0.25, 0.3) is 0 Å². The average Bonchev–Trinajstić information content (AvgIpc) is 2.25. The molecule has 17 heavy (non-hydrogen) atoms. The van der Waals surface area contributed by atoms with Crippen molar-refractivity contribution >= 4 is 5.78 Å². The van der Waals surface area contributed by atoms with Crippen LogP contribution in [0.3, 0.4) is 0 Å². The molecule has 0 aliphatic carbocycles. The number of ketones is 1. The lowest BCUT2D eigenvalue weighted by Gasteiger charge is -2.32. The van der Waals surface area contributed by atoms with Crippen LogP contribution in [0, 0.1) is 11.6 Å². The molecule has 1 heterocycles. The van der Waals surface area contributed by atoms with Crippen LogP contribution in [0.15, 0.2) is 18.2 Å². The van der Waals surface area contributed by atoms with Crippen LogP contribution in [0.25, 0.3) is 0 Å². The second kappa shape index (κ2) is 4.92. The highest BCUT2D eigenvalue weighted by molar-refractivity contribution is 5.79. The van der Waals surface area contributed by atoms with Crippen LogP contribution in [0.4, 0.5) is 8.78 Å². The van der Waals surface area contributed by atoms with E-state index in [0.29, 0.717) is 31.5 Å². The standard InChI is InChI=1S/C13H15F2NO/c1-9-6-12(17)4-5-16(9)8-10-2-3-11(14)7-13(10)15/h2-3,7,9H,4-6,8H2,1H3. The molecule has 1 unspecified atom stereocenters. The van der Waals surface area contributed by atoms with E-state index < -0.39 is 11.6 Å². The maximum absolute atomic E-state index is 13.5. The Kier molecular flexibility index (Phi) is 3.52. The number of hydrogen-bond acceptors (Lipinski definition) is 2. The summed E-state index contributed by atoms with van der Waals surface area (Å²) >= 11 is 0. The molecule has 1 atom stereocenters. The molecule has 0 spiro atoms. The van der Waals surface area contributed by atoms with E-state index >= 15 is 0 Å². The molecule has 0 saturated carbocycles. The fourth-order valence-corrected chi connectivity index (χ4v) is 2.15. The maximum atomic E-state index is 13.5. The zero-order valence-electron chi connectivity index (χ0n) is 9.75. The highest BCUT2D eigenvalue weighted by Crippen LogP contribution is 2.19. The van der Waals surface area contributed by atoms with Crippen LogP contribution in [-0.2, 0) is 11.3 Å². The van der Waals surface area contributed by atoms with Gasteiger partial charge in [0.15, 0.2) is 0 Å². The first-order chi connectivity index (χ1) is 8.06. The van der Waals surface area contributed by atoms with Gasteiger partial charge in [0.05, 0.1) is 0 Å². The second-order valence-corrected chi connectivity index (χ2v) is 4.55. The molecule has 2 rings (SSSR count). The van der Waals surface area contributed by atoms with Gasteiger partial charge in [-0.3, -0.25) is 9.69 Å². The number of benzene rings is 1. The topological polar surface area (TPSA) is 20.3 Å². The van der Waals surface area contributed by atoms with Crippen molar-refractivity contribution < 1.29 is 13.6 Å². The van der Waals surface area contributed by atoms with Gasteiger partial charge in [-0.05, 0) is 13.0 Å². The predicted octanol–water partition coefficient (Wildman–Crippen LogP) is 2.52. The van der Waals surface area contributed by atoms with Gasteiger partial charge in [-0.1, -0.05) is 6.07 Å². The third-order valence-corrected chi connectivity index (χ3v) is 3.21. The Balaban J connectivity index is 2.07. The largest absolute Gasteiger partial charge is 0.300 e. The summed E-state index contributed by atoms with van der Waals surface area (Å²) in [7, 11) is 0. The number of hydrogen-bond donors (Lipinski definition) is 0. The summed E-state index contributed by atoms with van der Waals surface area (Å²) < 4.78 is 26.2. The lowest BCUT2D eigenvalue weighted by atomic mass is 10.0. The lowest BCUT2D eigenvalue weighted by molar-refractivity contribution is -0.123. The molecule has 4 heteroatoms. The number of carbonyl (C=O) groups excluding carboxylic acids is 1. The zero-order chi connectivity index (χ0) is 12.4. The van der Waals surface area contributed by atoms with Crippen molar-refractivity contribution in [1.82, 2.24) is 4.90 Å². The number of piperidine rings is 1. The van der Waals surface area contributed by atoms with Crippen molar-refractivity contribution in [2.75, 3.05) is 6.54 Å². The molecule has 1 aliphatic heterocycles. The summed E-state index contributed by atoms with van der Waals surface area (Å²) in [6.07, 6.45) is 1.04. The van der Waals surface area contributed by atoms with Crippen molar-refractivity contribution in [3.05, 3.63) is 35.4 Å². The molecule has 0 aromatic heterocycles. The van der Waals surface area contributed by atoms with Crippen LogP contribution in [0.5, 0.6) is 0 Å². The van der Waals surface area contributed by atoms with Crippen molar-refractivity contribution in [3.63, 3.8) is 0 Å². The molecule has 1 fully saturated rings. The minimum atomic E-state index is -0.562. The molecule has 92 valence electrons. The van der Waals surface area contributed by atoms with E-state index in [1.165, 1.54) is 12.1 Å².